The van der Waals surface area contributed by atoms with E-state index in [1.165, 1.54) is 6.07 Å². The monoisotopic (exact) mass is 406 g/mol. The van der Waals surface area contributed by atoms with E-state index in [2.05, 4.69) is 29.2 Å². The first kappa shape index (κ1) is 19.3. The quantitative estimate of drug-likeness (QED) is 0.657. The van der Waals surface area contributed by atoms with E-state index in [1.54, 1.807) is 18.7 Å². The highest BCUT2D eigenvalue weighted by Gasteiger charge is 2.26. The summed E-state index contributed by atoms with van der Waals surface area (Å²) in [6.45, 7) is 1.64. The van der Waals surface area contributed by atoms with Gasteiger partial charge in [0.25, 0.3) is 0 Å². The van der Waals surface area contributed by atoms with E-state index < -0.39 is 5.63 Å². The highest BCUT2D eigenvalue weighted by Crippen LogP contribution is 2.46. The summed E-state index contributed by atoms with van der Waals surface area (Å²) < 4.78 is 5.25. The van der Waals surface area contributed by atoms with Crippen LogP contribution >= 0.6 is 11.8 Å². The van der Waals surface area contributed by atoms with Gasteiger partial charge in [-0.15, -0.1) is 11.8 Å². The van der Waals surface area contributed by atoms with Crippen LogP contribution in [0.15, 0.2) is 73.7 Å². The second-order valence-electron chi connectivity index (χ2n) is 7.23. The lowest BCUT2D eigenvalue weighted by Crippen LogP contribution is -2.17. The van der Waals surface area contributed by atoms with Crippen LogP contribution in [0.5, 0.6) is 5.75 Å². The molecule has 1 aromatic heterocycles. The highest BCUT2D eigenvalue weighted by atomic mass is 32.2. The van der Waals surface area contributed by atoms with Crippen LogP contribution in [-0.2, 0) is 0 Å². The minimum Gasteiger partial charge on any atom is -0.507 e. The van der Waals surface area contributed by atoms with Crippen molar-refractivity contribution < 1.29 is 9.52 Å². The van der Waals surface area contributed by atoms with Gasteiger partial charge in [0.2, 0.25) is 0 Å². The number of nitrogens with zero attached hydrogens (tertiary/aromatic N) is 2. The predicted molar refractivity (Wildman–Crippen MR) is 118 cm³/mol. The number of aromatic hydroxyl groups is 1. The molecule has 0 unspecified atom stereocenters. The van der Waals surface area contributed by atoms with Crippen molar-refractivity contribution in [2.24, 2.45) is 4.99 Å². The van der Waals surface area contributed by atoms with E-state index in [4.69, 9.17) is 9.41 Å². The molecule has 148 valence electrons. The van der Waals surface area contributed by atoms with Crippen LogP contribution in [0.2, 0.25) is 0 Å². The van der Waals surface area contributed by atoms with Crippen molar-refractivity contribution in [1.29, 1.82) is 0 Å². The van der Waals surface area contributed by atoms with Crippen molar-refractivity contribution >= 4 is 28.8 Å². The molecule has 0 amide bonds. The number of aliphatic imine (C=N–C) groups is 1. The smallest absolute Gasteiger partial charge is 0.348 e. The number of para-hydroxylation sites is 1. The number of hydrogen-bond acceptors (Lipinski definition) is 6. The van der Waals surface area contributed by atoms with E-state index in [0.29, 0.717) is 17.9 Å². The van der Waals surface area contributed by atoms with Gasteiger partial charge in [0.05, 0.1) is 11.4 Å². The predicted octanol–water partition coefficient (Wildman–Crippen LogP) is 5.08. The fourth-order valence-electron chi connectivity index (χ4n) is 3.40. The lowest BCUT2D eigenvalue weighted by atomic mass is 10.0. The van der Waals surface area contributed by atoms with Crippen LogP contribution < -0.4 is 10.5 Å². The van der Waals surface area contributed by atoms with Crippen LogP contribution in [-0.4, -0.2) is 24.9 Å². The Balaban J connectivity index is 1.82. The van der Waals surface area contributed by atoms with Gasteiger partial charge in [-0.25, -0.2) is 4.79 Å². The van der Waals surface area contributed by atoms with E-state index in [0.717, 1.165) is 21.8 Å². The molecular formula is C23H22N2O3S. The number of aryl methyl sites for hydroxylation is 1. The molecule has 0 spiro atoms. The molecular weight excluding hydrogens is 384 g/mol. The van der Waals surface area contributed by atoms with Crippen molar-refractivity contribution in [3.05, 3.63) is 81.9 Å². The Kier molecular flexibility index (Phi) is 5.20. The number of fused-ring (bicyclic) bond motifs is 1. The van der Waals surface area contributed by atoms with Gasteiger partial charge in [0.1, 0.15) is 17.1 Å². The van der Waals surface area contributed by atoms with Crippen LogP contribution in [0.25, 0.3) is 0 Å². The molecule has 0 saturated heterocycles. The molecule has 0 radical (unpaired) electrons. The number of hydrogen-bond donors (Lipinski definition) is 1. The zero-order valence-electron chi connectivity index (χ0n) is 16.5. The second kappa shape index (κ2) is 7.79. The molecule has 2 aromatic carbocycles. The Morgan fingerprint density at radius 3 is 2.55 bits per heavy atom. The summed E-state index contributed by atoms with van der Waals surface area (Å²) in [5.74, 6) is 0.277. The summed E-state index contributed by atoms with van der Waals surface area (Å²) >= 11 is 1.72. The summed E-state index contributed by atoms with van der Waals surface area (Å²) in [6.07, 6.45) is 0.502. The minimum atomic E-state index is -0.563. The normalized spacial score (nSPS) is 16.0. The fraction of sp³-hybridized carbons (Fsp3) is 0.217. The van der Waals surface area contributed by atoms with Crippen molar-refractivity contribution in [1.82, 2.24) is 0 Å². The number of thioether (sulfide) groups is 1. The number of rotatable bonds is 3. The standard InChI is InChI=1S/C23H22N2O3S/c1-14-12-19(26)22(23(27)28-14)18-13-21(15-8-10-16(11-9-15)25(2)3)29-20-7-5-4-6-17(20)24-18/h4-12,21,26H,13H2,1-3H3/t21-/m1/s1. The van der Waals surface area contributed by atoms with Gasteiger partial charge >= 0.3 is 5.63 Å². The summed E-state index contributed by atoms with van der Waals surface area (Å²) in [7, 11) is 4.02. The maximum Gasteiger partial charge on any atom is 0.348 e. The summed E-state index contributed by atoms with van der Waals surface area (Å²) in [5.41, 5.74) is 3.17. The molecule has 6 heteroatoms. The van der Waals surface area contributed by atoms with Crippen molar-refractivity contribution in [3.8, 4) is 5.75 Å². The molecule has 3 aromatic rings. The summed E-state index contributed by atoms with van der Waals surface area (Å²) in [6, 6.07) is 17.7. The first-order chi connectivity index (χ1) is 13.9. The third kappa shape index (κ3) is 3.93. The Labute approximate surface area is 173 Å². The van der Waals surface area contributed by atoms with Gasteiger partial charge < -0.3 is 14.4 Å². The van der Waals surface area contributed by atoms with Crippen LogP contribution in [0.4, 0.5) is 11.4 Å². The van der Waals surface area contributed by atoms with Gasteiger partial charge in [-0.1, -0.05) is 24.3 Å². The third-order valence-electron chi connectivity index (χ3n) is 4.89. The average Bonchev–Trinajstić information content (AvgIpc) is 2.87. The van der Waals surface area contributed by atoms with Crippen molar-refractivity contribution in [2.45, 2.75) is 23.5 Å². The molecule has 29 heavy (non-hydrogen) atoms. The lowest BCUT2D eigenvalue weighted by molar-refractivity contribution is 0.432. The first-order valence-electron chi connectivity index (χ1n) is 9.37. The Hall–Kier alpha value is -2.99. The fourth-order valence-corrected chi connectivity index (χ4v) is 4.64. The Morgan fingerprint density at radius 2 is 1.86 bits per heavy atom. The summed E-state index contributed by atoms with van der Waals surface area (Å²) in [4.78, 5) is 20.4. The van der Waals surface area contributed by atoms with Crippen LogP contribution in [0.3, 0.4) is 0 Å². The second-order valence-corrected chi connectivity index (χ2v) is 8.47. The molecule has 5 nitrogen and oxygen atoms in total. The minimum absolute atomic E-state index is 0.0497. The van der Waals surface area contributed by atoms with Gasteiger partial charge in [-0.05, 0) is 36.8 Å². The van der Waals surface area contributed by atoms with Gasteiger partial charge in [-0.2, -0.15) is 0 Å². The van der Waals surface area contributed by atoms with Crippen LogP contribution in [0, 0.1) is 6.92 Å². The topological polar surface area (TPSA) is 66.0 Å². The molecule has 0 saturated carbocycles. The van der Waals surface area contributed by atoms with E-state index in [-0.39, 0.29) is 16.6 Å². The van der Waals surface area contributed by atoms with Crippen molar-refractivity contribution in [2.75, 3.05) is 19.0 Å². The third-order valence-corrected chi connectivity index (χ3v) is 6.21. The number of benzene rings is 2. The van der Waals surface area contributed by atoms with Gasteiger partial charge in [-0.3, -0.25) is 4.99 Å². The molecule has 1 aliphatic heterocycles. The zero-order valence-corrected chi connectivity index (χ0v) is 17.4. The SMILES string of the molecule is Cc1cc(O)c(C2=Nc3ccccc3S[C@@H](c3ccc(N(C)C)cc3)C2)c(=O)o1. The molecule has 4 rings (SSSR count). The van der Waals surface area contributed by atoms with E-state index in [1.807, 2.05) is 38.4 Å². The zero-order chi connectivity index (χ0) is 20.5. The largest absolute Gasteiger partial charge is 0.507 e. The maximum absolute atomic E-state index is 12.5. The lowest BCUT2D eigenvalue weighted by Gasteiger charge is -2.18. The maximum atomic E-state index is 12.5. The molecule has 1 atom stereocenters. The van der Waals surface area contributed by atoms with Gasteiger partial charge in [0.15, 0.2) is 0 Å². The Morgan fingerprint density at radius 1 is 1.14 bits per heavy atom. The molecule has 0 aliphatic carbocycles. The summed E-state index contributed by atoms with van der Waals surface area (Å²) in [5, 5.41) is 10.5. The number of anilines is 1. The first-order valence-corrected chi connectivity index (χ1v) is 10.2. The molecule has 0 fully saturated rings. The van der Waals surface area contributed by atoms with Crippen LogP contribution in [0.1, 0.15) is 28.6 Å². The van der Waals surface area contributed by atoms with Gasteiger partial charge in [0, 0.05) is 42.4 Å². The molecule has 1 N–H and O–H groups in total. The van der Waals surface area contributed by atoms with Crippen molar-refractivity contribution in [3.63, 3.8) is 0 Å². The average molecular weight is 407 g/mol. The van der Waals surface area contributed by atoms with E-state index in [9.17, 15) is 9.90 Å². The van der Waals surface area contributed by atoms with E-state index >= 15 is 0 Å². The molecule has 2 heterocycles. The molecule has 0 bridgehead atoms. The molecule has 1 aliphatic rings. The Bertz CT molecular complexity index is 1130. The highest BCUT2D eigenvalue weighted by molar-refractivity contribution is 7.99.